The molecule has 0 saturated carbocycles. The van der Waals surface area contributed by atoms with Crippen LogP contribution in [0.4, 0.5) is 0 Å². The number of thioether (sulfide) groups is 1. The van der Waals surface area contributed by atoms with Crippen molar-refractivity contribution in [1.82, 2.24) is 0 Å². The highest BCUT2D eigenvalue weighted by Gasteiger charge is 2.05. The van der Waals surface area contributed by atoms with Crippen LogP contribution in [-0.2, 0) is 5.75 Å². The molecular formula is C16H19NO3S. The van der Waals surface area contributed by atoms with E-state index in [1.54, 1.807) is 12.1 Å². The van der Waals surface area contributed by atoms with Gasteiger partial charge in [0.05, 0.1) is 0 Å². The Labute approximate surface area is 128 Å². The molecule has 0 aliphatic heterocycles. The molecule has 112 valence electrons. The quantitative estimate of drug-likeness (QED) is 0.740. The summed E-state index contributed by atoms with van der Waals surface area (Å²) in [6.45, 7) is 0.775. The van der Waals surface area contributed by atoms with E-state index in [1.165, 1.54) is 17.7 Å². The topological polar surface area (TPSA) is 83.6 Å². The number of carbonyl (C=O) groups is 1. The molecule has 0 atom stereocenters. The molecule has 0 saturated heterocycles. The summed E-state index contributed by atoms with van der Waals surface area (Å²) in [5.74, 6) is 0.820. The number of carboxylic acids is 1. The van der Waals surface area contributed by atoms with Gasteiger partial charge >= 0.3 is 5.97 Å². The summed E-state index contributed by atoms with van der Waals surface area (Å²) in [5, 5.41) is 17.3. The number of carboxylic acid groups (broad SMARTS) is 1. The van der Waals surface area contributed by atoms with Crippen LogP contribution in [-0.4, -0.2) is 28.5 Å². The molecule has 0 aliphatic rings. The van der Waals surface area contributed by atoms with Crippen molar-refractivity contribution >= 4 is 17.7 Å². The minimum atomic E-state index is -1.11. The maximum atomic E-state index is 10.3. The molecule has 0 fully saturated rings. The van der Waals surface area contributed by atoms with Crippen LogP contribution in [0.15, 0.2) is 54.6 Å². The van der Waals surface area contributed by atoms with Crippen molar-refractivity contribution in [3.05, 3.63) is 65.7 Å². The van der Waals surface area contributed by atoms with Crippen molar-refractivity contribution in [2.24, 2.45) is 5.73 Å². The lowest BCUT2D eigenvalue weighted by Gasteiger charge is -1.98. The second-order valence-corrected chi connectivity index (χ2v) is 5.25. The Morgan fingerprint density at radius 2 is 1.67 bits per heavy atom. The monoisotopic (exact) mass is 305 g/mol. The fourth-order valence-electron chi connectivity index (χ4n) is 1.50. The van der Waals surface area contributed by atoms with Crippen LogP contribution in [0.2, 0.25) is 0 Å². The first-order valence-corrected chi connectivity index (χ1v) is 7.63. The van der Waals surface area contributed by atoms with Gasteiger partial charge in [-0.25, -0.2) is 4.79 Å². The number of para-hydroxylation sites is 1. The summed E-state index contributed by atoms with van der Waals surface area (Å²) < 4.78 is 0. The highest BCUT2D eigenvalue weighted by molar-refractivity contribution is 7.98. The Balaban J connectivity index is 0.000000211. The van der Waals surface area contributed by atoms with Crippen LogP contribution < -0.4 is 5.73 Å². The molecule has 4 nitrogen and oxygen atoms in total. The van der Waals surface area contributed by atoms with Crippen molar-refractivity contribution in [2.45, 2.75) is 5.75 Å². The van der Waals surface area contributed by atoms with Crippen LogP contribution in [0.25, 0.3) is 0 Å². The summed E-state index contributed by atoms with van der Waals surface area (Å²) in [4.78, 5) is 10.3. The third-order valence-electron chi connectivity index (χ3n) is 2.51. The van der Waals surface area contributed by atoms with E-state index in [9.17, 15) is 4.79 Å². The van der Waals surface area contributed by atoms with Gasteiger partial charge in [0, 0.05) is 18.1 Å². The molecule has 0 aromatic heterocycles. The zero-order valence-corrected chi connectivity index (χ0v) is 12.4. The van der Waals surface area contributed by atoms with Gasteiger partial charge in [-0.3, -0.25) is 0 Å². The van der Waals surface area contributed by atoms with E-state index in [2.05, 4.69) is 24.3 Å². The first-order chi connectivity index (χ1) is 10.1. The normalized spacial score (nSPS) is 9.57. The Bertz CT molecular complexity index is 546. The molecule has 0 bridgehead atoms. The lowest BCUT2D eigenvalue weighted by molar-refractivity contribution is 0.0693. The van der Waals surface area contributed by atoms with Crippen LogP contribution in [0.1, 0.15) is 15.9 Å². The number of hydrogen-bond donors (Lipinski definition) is 3. The zero-order valence-electron chi connectivity index (χ0n) is 11.6. The average molecular weight is 305 g/mol. The summed E-state index contributed by atoms with van der Waals surface area (Å²) in [7, 11) is 0. The SMILES string of the molecule is NCCSCc1ccccc1.O=C(O)c1ccccc1O. The molecule has 0 aliphatic carbocycles. The Kier molecular flexibility index (Phi) is 8.01. The van der Waals surface area contributed by atoms with Crippen molar-refractivity contribution in [3.63, 3.8) is 0 Å². The smallest absolute Gasteiger partial charge is 0.339 e. The summed E-state index contributed by atoms with van der Waals surface area (Å²) in [6.07, 6.45) is 0. The van der Waals surface area contributed by atoms with Gasteiger partial charge in [0.1, 0.15) is 11.3 Å². The van der Waals surface area contributed by atoms with E-state index in [-0.39, 0.29) is 11.3 Å². The van der Waals surface area contributed by atoms with Gasteiger partial charge in [0.15, 0.2) is 0 Å². The van der Waals surface area contributed by atoms with Gasteiger partial charge in [0.2, 0.25) is 0 Å². The maximum Gasteiger partial charge on any atom is 0.339 e. The molecule has 0 amide bonds. The molecule has 4 N–H and O–H groups in total. The molecule has 2 aromatic carbocycles. The predicted molar refractivity (Wildman–Crippen MR) is 86.7 cm³/mol. The highest BCUT2D eigenvalue weighted by atomic mass is 32.2. The molecule has 2 rings (SSSR count). The first-order valence-electron chi connectivity index (χ1n) is 6.48. The number of aromatic hydroxyl groups is 1. The molecule has 0 radical (unpaired) electrons. The average Bonchev–Trinajstić information content (AvgIpc) is 2.49. The minimum absolute atomic E-state index is 0.0671. The second kappa shape index (κ2) is 9.85. The van der Waals surface area contributed by atoms with E-state index >= 15 is 0 Å². The standard InChI is InChI=1S/C9H13NS.C7H6O3/c10-6-7-11-8-9-4-2-1-3-5-9;8-6-4-2-1-3-5(6)7(9)10/h1-5H,6-8,10H2;1-4,8H,(H,9,10). The van der Waals surface area contributed by atoms with Gasteiger partial charge in [-0.05, 0) is 17.7 Å². The Morgan fingerprint density at radius 3 is 2.19 bits per heavy atom. The minimum Gasteiger partial charge on any atom is -0.507 e. The highest BCUT2D eigenvalue weighted by Crippen LogP contribution is 2.14. The molecule has 0 unspecified atom stereocenters. The second-order valence-electron chi connectivity index (χ2n) is 4.15. The van der Waals surface area contributed by atoms with Gasteiger partial charge in [0.25, 0.3) is 0 Å². The fourth-order valence-corrected chi connectivity index (χ4v) is 2.24. The number of hydrogen-bond acceptors (Lipinski definition) is 4. The number of nitrogens with two attached hydrogens (primary N) is 1. The van der Waals surface area contributed by atoms with Crippen molar-refractivity contribution < 1.29 is 15.0 Å². The van der Waals surface area contributed by atoms with Crippen LogP contribution >= 0.6 is 11.8 Å². The van der Waals surface area contributed by atoms with Gasteiger partial charge in [-0.1, -0.05) is 42.5 Å². The zero-order chi connectivity index (χ0) is 15.5. The molecule has 2 aromatic rings. The van der Waals surface area contributed by atoms with Crippen molar-refractivity contribution in [1.29, 1.82) is 0 Å². The van der Waals surface area contributed by atoms with Gasteiger partial charge < -0.3 is 15.9 Å². The number of phenols is 1. The molecule has 21 heavy (non-hydrogen) atoms. The van der Waals surface area contributed by atoms with E-state index in [0.29, 0.717) is 0 Å². The van der Waals surface area contributed by atoms with Crippen molar-refractivity contribution in [2.75, 3.05) is 12.3 Å². The lowest BCUT2D eigenvalue weighted by Crippen LogP contribution is -2.01. The molecule has 0 heterocycles. The third kappa shape index (κ3) is 6.83. The van der Waals surface area contributed by atoms with E-state index in [0.717, 1.165) is 18.1 Å². The van der Waals surface area contributed by atoms with Crippen LogP contribution in [0, 0.1) is 0 Å². The Morgan fingerprint density at radius 1 is 1.05 bits per heavy atom. The van der Waals surface area contributed by atoms with Crippen LogP contribution in [0.5, 0.6) is 5.75 Å². The van der Waals surface area contributed by atoms with E-state index in [1.807, 2.05) is 17.8 Å². The largest absolute Gasteiger partial charge is 0.507 e. The van der Waals surface area contributed by atoms with Crippen LogP contribution in [0.3, 0.4) is 0 Å². The number of aromatic carboxylic acids is 1. The van der Waals surface area contributed by atoms with Crippen molar-refractivity contribution in [3.8, 4) is 5.75 Å². The maximum absolute atomic E-state index is 10.3. The predicted octanol–water partition coefficient (Wildman–Crippen LogP) is 2.97. The number of benzene rings is 2. The molecule has 0 spiro atoms. The lowest BCUT2D eigenvalue weighted by atomic mass is 10.2. The summed E-state index contributed by atoms with van der Waals surface area (Å²) in [5.41, 5.74) is 6.69. The summed E-state index contributed by atoms with van der Waals surface area (Å²) >= 11 is 1.88. The number of rotatable bonds is 5. The van der Waals surface area contributed by atoms with Gasteiger partial charge in [-0.2, -0.15) is 11.8 Å². The summed E-state index contributed by atoms with van der Waals surface area (Å²) in [6, 6.07) is 16.3. The van der Waals surface area contributed by atoms with E-state index in [4.69, 9.17) is 15.9 Å². The Hall–Kier alpha value is -1.98. The van der Waals surface area contributed by atoms with Gasteiger partial charge in [-0.15, -0.1) is 0 Å². The molecular weight excluding hydrogens is 286 g/mol. The third-order valence-corrected chi connectivity index (χ3v) is 3.57. The fraction of sp³-hybridized carbons (Fsp3) is 0.188. The first kappa shape index (κ1) is 17.1. The van der Waals surface area contributed by atoms with E-state index < -0.39 is 5.97 Å². The molecule has 5 heteroatoms.